The van der Waals surface area contributed by atoms with Gasteiger partial charge in [0.15, 0.2) is 0 Å². The monoisotopic (exact) mass is 397 g/mol. The fourth-order valence-corrected chi connectivity index (χ4v) is 3.30. The number of nitrogens with zero attached hydrogens (tertiary/aromatic N) is 1. The van der Waals surface area contributed by atoms with Gasteiger partial charge >= 0.3 is 6.09 Å². The first-order valence-electron chi connectivity index (χ1n) is 9.90. The van der Waals surface area contributed by atoms with E-state index in [0.717, 1.165) is 33.4 Å². The van der Waals surface area contributed by atoms with Crippen molar-refractivity contribution in [2.75, 3.05) is 18.4 Å². The van der Waals surface area contributed by atoms with Crippen molar-refractivity contribution in [2.45, 2.75) is 6.92 Å². The van der Waals surface area contributed by atoms with Gasteiger partial charge in [-0.2, -0.15) is 0 Å². The molecule has 1 heterocycles. The molecule has 150 valence electrons. The lowest BCUT2D eigenvalue weighted by molar-refractivity contribution is 0.201. The normalized spacial score (nSPS) is 10.6. The molecule has 2 N–H and O–H groups in total. The summed E-state index contributed by atoms with van der Waals surface area (Å²) in [5.41, 5.74) is 5.10. The van der Waals surface area contributed by atoms with Crippen LogP contribution in [0.2, 0.25) is 0 Å². The Kier molecular flexibility index (Phi) is 5.90. The summed E-state index contributed by atoms with van der Waals surface area (Å²) in [6, 6.07) is 27.5. The molecule has 0 fully saturated rings. The zero-order valence-corrected chi connectivity index (χ0v) is 16.8. The largest absolute Gasteiger partial charge is 0.412 e. The van der Waals surface area contributed by atoms with E-state index in [2.05, 4.69) is 15.6 Å². The molecule has 0 spiro atoms. The third kappa shape index (κ3) is 4.75. The fraction of sp³-hybridized carbons (Fsp3) is 0.120. The highest BCUT2D eigenvalue weighted by Gasteiger charge is 2.06. The van der Waals surface area contributed by atoms with Gasteiger partial charge in [0.05, 0.1) is 5.52 Å². The number of rotatable bonds is 6. The highest BCUT2D eigenvalue weighted by atomic mass is 16.6. The number of aryl methyl sites for hydroxylation is 1. The summed E-state index contributed by atoms with van der Waals surface area (Å²) in [4.78, 5) is 16.6. The molecule has 0 radical (unpaired) electrons. The maximum absolute atomic E-state index is 12.1. The summed E-state index contributed by atoms with van der Waals surface area (Å²) in [6.45, 7) is 2.99. The summed E-state index contributed by atoms with van der Waals surface area (Å²) in [5.74, 6) is 0.510. The number of fused-ring (bicyclic) bond motifs is 1. The summed E-state index contributed by atoms with van der Waals surface area (Å²) in [5, 5.41) is 7.19. The lowest BCUT2D eigenvalue weighted by Gasteiger charge is -2.11. The minimum Gasteiger partial charge on any atom is -0.410 e. The van der Waals surface area contributed by atoms with Crippen LogP contribution >= 0.6 is 0 Å². The quantitative estimate of drug-likeness (QED) is 0.427. The molecule has 0 aliphatic carbocycles. The van der Waals surface area contributed by atoms with Crippen LogP contribution in [-0.2, 0) is 0 Å². The van der Waals surface area contributed by atoms with Gasteiger partial charge in [0.25, 0.3) is 0 Å². The van der Waals surface area contributed by atoms with Gasteiger partial charge in [-0.1, -0.05) is 60.7 Å². The second-order valence-corrected chi connectivity index (χ2v) is 6.96. The van der Waals surface area contributed by atoms with Crippen LogP contribution in [0.4, 0.5) is 10.5 Å². The van der Waals surface area contributed by atoms with Crippen LogP contribution < -0.4 is 15.4 Å². The number of hydrogen-bond acceptors (Lipinski definition) is 4. The van der Waals surface area contributed by atoms with E-state index in [0.29, 0.717) is 18.8 Å². The van der Waals surface area contributed by atoms with Crippen LogP contribution in [0.5, 0.6) is 5.75 Å². The van der Waals surface area contributed by atoms with Crippen molar-refractivity contribution in [3.63, 3.8) is 0 Å². The number of carbonyl (C=O) groups excluding carboxylic acids is 1. The number of amides is 1. The SMILES string of the molecule is Cc1cc(NCCNC(=O)Oc2ccc(-c3ccccc3)cc2)c2ccccc2n1. The Morgan fingerprint density at radius 3 is 2.37 bits per heavy atom. The summed E-state index contributed by atoms with van der Waals surface area (Å²) in [6.07, 6.45) is -0.472. The average Bonchev–Trinajstić information content (AvgIpc) is 2.77. The first kappa shape index (κ1) is 19.5. The molecule has 0 saturated carbocycles. The standard InChI is InChI=1S/C25H23N3O2/c1-18-17-24(22-9-5-6-10-23(22)28-18)26-15-16-27-25(29)30-21-13-11-20(12-14-21)19-7-3-2-4-8-19/h2-14,17H,15-16H2,1H3,(H,26,28)(H,27,29). The number of pyridine rings is 1. The van der Waals surface area contributed by atoms with E-state index < -0.39 is 6.09 Å². The van der Waals surface area contributed by atoms with E-state index in [1.165, 1.54) is 0 Å². The second-order valence-electron chi connectivity index (χ2n) is 6.96. The van der Waals surface area contributed by atoms with E-state index in [1.807, 2.05) is 79.7 Å². The molecule has 5 heteroatoms. The van der Waals surface area contributed by atoms with Crippen molar-refractivity contribution in [1.29, 1.82) is 0 Å². The van der Waals surface area contributed by atoms with Gasteiger partial charge < -0.3 is 15.4 Å². The van der Waals surface area contributed by atoms with Crippen molar-refractivity contribution >= 4 is 22.7 Å². The summed E-state index contributed by atoms with van der Waals surface area (Å²) >= 11 is 0. The zero-order chi connectivity index (χ0) is 20.8. The number of benzene rings is 3. The third-order valence-electron chi connectivity index (χ3n) is 4.73. The molecule has 0 atom stereocenters. The Morgan fingerprint density at radius 1 is 0.867 bits per heavy atom. The minimum atomic E-state index is -0.472. The van der Waals surface area contributed by atoms with Crippen molar-refractivity contribution in [2.24, 2.45) is 0 Å². The second kappa shape index (κ2) is 9.09. The number of hydrogen-bond donors (Lipinski definition) is 2. The maximum Gasteiger partial charge on any atom is 0.412 e. The maximum atomic E-state index is 12.1. The highest BCUT2D eigenvalue weighted by Crippen LogP contribution is 2.23. The van der Waals surface area contributed by atoms with Crippen molar-refractivity contribution in [3.05, 3.63) is 90.6 Å². The average molecular weight is 397 g/mol. The number of aromatic nitrogens is 1. The van der Waals surface area contributed by atoms with Gasteiger partial charge in [-0.25, -0.2) is 4.79 Å². The third-order valence-corrected chi connectivity index (χ3v) is 4.73. The predicted molar refractivity (Wildman–Crippen MR) is 121 cm³/mol. The van der Waals surface area contributed by atoms with Crippen LogP contribution in [0.25, 0.3) is 22.0 Å². The molecule has 0 saturated heterocycles. The van der Waals surface area contributed by atoms with Gasteiger partial charge in [0.1, 0.15) is 5.75 Å². The number of carbonyl (C=O) groups is 1. The highest BCUT2D eigenvalue weighted by molar-refractivity contribution is 5.91. The van der Waals surface area contributed by atoms with Gasteiger partial charge in [-0.3, -0.25) is 4.98 Å². The molecular formula is C25H23N3O2. The Bertz CT molecular complexity index is 1140. The van der Waals surface area contributed by atoms with Crippen LogP contribution in [-0.4, -0.2) is 24.2 Å². The topological polar surface area (TPSA) is 63.2 Å². The molecule has 30 heavy (non-hydrogen) atoms. The van der Waals surface area contributed by atoms with Crippen LogP contribution in [0.1, 0.15) is 5.69 Å². The van der Waals surface area contributed by atoms with Gasteiger partial charge in [-0.05, 0) is 42.3 Å². The molecular weight excluding hydrogens is 374 g/mol. The Balaban J connectivity index is 1.28. The molecule has 5 nitrogen and oxygen atoms in total. The Morgan fingerprint density at radius 2 is 1.57 bits per heavy atom. The van der Waals surface area contributed by atoms with E-state index >= 15 is 0 Å². The van der Waals surface area contributed by atoms with Crippen LogP contribution in [0, 0.1) is 6.92 Å². The first-order valence-corrected chi connectivity index (χ1v) is 9.90. The predicted octanol–water partition coefficient (Wildman–Crippen LogP) is 5.41. The molecule has 0 bridgehead atoms. The van der Waals surface area contributed by atoms with E-state index in [-0.39, 0.29) is 0 Å². The first-order chi connectivity index (χ1) is 14.7. The van der Waals surface area contributed by atoms with E-state index in [4.69, 9.17) is 4.74 Å². The van der Waals surface area contributed by atoms with Gasteiger partial charge in [-0.15, -0.1) is 0 Å². The minimum absolute atomic E-state index is 0.441. The molecule has 0 aliphatic heterocycles. The molecule has 4 rings (SSSR count). The lowest BCUT2D eigenvalue weighted by atomic mass is 10.1. The molecule has 0 aliphatic rings. The van der Waals surface area contributed by atoms with E-state index in [1.54, 1.807) is 12.1 Å². The Labute approximate surface area is 175 Å². The molecule has 0 unspecified atom stereocenters. The zero-order valence-electron chi connectivity index (χ0n) is 16.8. The van der Waals surface area contributed by atoms with Crippen molar-refractivity contribution < 1.29 is 9.53 Å². The molecule has 1 amide bonds. The van der Waals surface area contributed by atoms with Gasteiger partial charge in [0, 0.05) is 29.9 Å². The molecule has 4 aromatic rings. The molecule has 3 aromatic carbocycles. The lowest BCUT2D eigenvalue weighted by Crippen LogP contribution is -2.31. The van der Waals surface area contributed by atoms with Crippen molar-refractivity contribution in [1.82, 2.24) is 10.3 Å². The van der Waals surface area contributed by atoms with Gasteiger partial charge in [0.2, 0.25) is 0 Å². The van der Waals surface area contributed by atoms with E-state index in [9.17, 15) is 4.79 Å². The van der Waals surface area contributed by atoms with Crippen LogP contribution in [0.15, 0.2) is 84.9 Å². The number of para-hydroxylation sites is 1. The number of ether oxygens (including phenoxy) is 1. The summed E-state index contributed by atoms with van der Waals surface area (Å²) in [7, 11) is 0. The number of nitrogens with one attached hydrogen (secondary N) is 2. The molecule has 1 aromatic heterocycles. The fourth-order valence-electron chi connectivity index (χ4n) is 3.30. The smallest absolute Gasteiger partial charge is 0.410 e. The summed E-state index contributed by atoms with van der Waals surface area (Å²) < 4.78 is 5.36. The van der Waals surface area contributed by atoms with Crippen molar-refractivity contribution in [3.8, 4) is 16.9 Å². The van der Waals surface area contributed by atoms with Crippen LogP contribution in [0.3, 0.4) is 0 Å². The Hall–Kier alpha value is -3.86. The number of anilines is 1.